The molecule has 30 heavy (non-hydrogen) atoms. The highest BCUT2D eigenvalue weighted by molar-refractivity contribution is 5.79. The molecule has 0 saturated carbocycles. The highest BCUT2D eigenvalue weighted by Gasteiger charge is 2.25. The summed E-state index contributed by atoms with van der Waals surface area (Å²) in [5.41, 5.74) is 1.19. The summed E-state index contributed by atoms with van der Waals surface area (Å²) in [5.74, 6) is 2.93. The number of aliphatic imine (C=N–C) groups is 1. The first-order valence-corrected chi connectivity index (χ1v) is 11.3. The van der Waals surface area contributed by atoms with Crippen molar-refractivity contribution in [2.45, 2.75) is 45.2 Å². The third kappa shape index (κ3) is 5.33. The van der Waals surface area contributed by atoms with E-state index in [2.05, 4.69) is 50.5 Å². The predicted octanol–water partition coefficient (Wildman–Crippen LogP) is 3.17. The lowest BCUT2D eigenvalue weighted by molar-refractivity contribution is 0.215. The third-order valence-electron chi connectivity index (χ3n) is 5.92. The smallest absolute Gasteiger partial charge is 0.191 e. The first-order chi connectivity index (χ1) is 14.8. The van der Waals surface area contributed by atoms with Gasteiger partial charge in [0.1, 0.15) is 11.6 Å². The van der Waals surface area contributed by atoms with Crippen LogP contribution in [0, 0.1) is 0 Å². The lowest BCUT2D eigenvalue weighted by atomic mass is 10.2. The zero-order chi connectivity index (χ0) is 20.6. The molecule has 7 heteroatoms. The average molecular weight is 411 g/mol. The number of pyridine rings is 1. The number of likely N-dealkylation sites (tertiary alicyclic amines) is 1. The summed E-state index contributed by atoms with van der Waals surface area (Å²) < 4.78 is 5.74. The fourth-order valence-electron chi connectivity index (χ4n) is 4.33. The van der Waals surface area contributed by atoms with Crippen LogP contribution in [-0.4, -0.2) is 55.1 Å². The van der Waals surface area contributed by atoms with Crippen LogP contribution >= 0.6 is 0 Å². The van der Waals surface area contributed by atoms with Gasteiger partial charge in [0.25, 0.3) is 0 Å². The summed E-state index contributed by atoms with van der Waals surface area (Å²) in [6.07, 6.45) is 8.69. The maximum atomic E-state index is 5.74. The van der Waals surface area contributed by atoms with Gasteiger partial charge in [0.15, 0.2) is 5.96 Å². The largest absolute Gasteiger partial charge is 0.468 e. The molecule has 2 saturated heterocycles. The molecule has 162 valence electrons. The molecule has 4 rings (SSSR count). The number of rotatable bonds is 8. The van der Waals surface area contributed by atoms with E-state index in [4.69, 9.17) is 9.41 Å². The summed E-state index contributed by atoms with van der Waals surface area (Å²) in [6, 6.07) is 8.51. The molecule has 2 aliphatic rings. The third-order valence-corrected chi connectivity index (χ3v) is 5.92. The van der Waals surface area contributed by atoms with Crippen LogP contribution in [0.1, 0.15) is 50.0 Å². The van der Waals surface area contributed by atoms with Gasteiger partial charge in [0.05, 0.1) is 18.8 Å². The minimum absolute atomic E-state index is 0.231. The fraction of sp³-hybridized carbons (Fsp3) is 0.565. The van der Waals surface area contributed by atoms with Gasteiger partial charge < -0.3 is 20.0 Å². The van der Waals surface area contributed by atoms with E-state index >= 15 is 0 Å². The summed E-state index contributed by atoms with van der Waals surface area (Å²) in [6.45, 7) is 8.79. The van der Waals surface area contributed by atoms with Crippen LogP contribution < -0.4 is 15.5 Å². The summed E-state index contributed by atoms with van der Waals surface area (Å²) in [4.78, 5) is 14.2. The molecule has 0 spiro atoms. The highest BCUT2D eigenvalue weighted by atomic mass is 16.3. The van der Waals surface area contributed by atoms with Crippen LogP contribution in [0.3, 0.4) is 0 Å². The summed E-state index contributed by atoms with van der Waals surface area (Å²) in [7, 11) is 0. The zero-order valence-corrected chi connectivity index (χ0v) is 18.0. The number of aromatic nitrogens is 1. The maximum Gasteiger partial charge on any atom is 0.191 e. The molecule has 0 aliphatic carbocycles. The Bertz CT molecular complexity index is 794. The van der Waals surface area contributed by atoms with Crippen molar-refractivity contribution in [3.8, 4) is 0 Å². The Morgan fingerprint density at radius 1 is 1.13 bits per heavy atom. The summed E-state index contributed by atoms with van der Waals surface area (Å²) >= 11 is 0. The minimum atomic E-state index is 0.231. The Kier molecular flexibility index (Phi) is 7.24. The van der Waals surface area contributed by atoms with Crippen LogP contribution in [0.25, 0.3) is 0 Å². The second-order valence-electron chi connectivity index (χ2n) is 8.07. The molecule has 4 heterocycles. The Morgan fingerprint density at radius 2 is 1.93 bits per heavy atom. The topological polar surface area (TPSA) is 68.9 Å². The summed E-state index contributed by atoms with van der Waals surface area (Å²) in [5, 5.41) is 6.91. The van der Waals surface area contributed by atoms with Crippen LogP contribution in [0.5, 0.6) is 0 Å². The first-order valence-electron chi connectivity index (χ1n) is 11.3. The van der Waals surface area contributed by atoms with Crippen molar-refractivity contribution in [3.05, 3.63) is 48.0 Å². The fourth-order valence-corrected chi connectivity index (χ4v) is 4.33. The van der Waals surface area contributed by atoms with Gasteiger partial charge in [-0.2, -0.15) is 0 Å². The van der Waals surface area contributed by atoms with Gasteiger partial charge in [-0.25, -0.2) is 9.98 Å². The van der Waals surface area contributed by atoms with E-state index in [0.29, 0.717) is 6.54 Å². The Balaban J connectivity index is 1.40. The van der Waals surface area contributed by atoms with Gasteiger partial charge in [-0.3, -0.25) is 4.90 Å². The number of nitrogens with zero attached hydrogens (tertiary/aromatic N) is 4. The average Bonchev–Trinajstić information content (AvgIpc) is 3.56. The SMILES string of the molecule is CCNC(=NCc1ccnc(N2CCCC2)c1)NCC(c1ccco1)N1CCCC1. The maximum absolute atomic E-state index is 5.74. The zero-order valence-electron chi connectivity index (χ0n) is 18.0. The van der Waals surface area contributed by atoms with Crippen molar-refractivity contribution in [1.82, 2.24) is 20.5 Å². The first kappa shape index (κ1) is 20.7. The molecule has 2 aromatic heterocycles. The molecule has 1 atom stereocenters. The number of nitrogens with one attached hydrogen (secondary N) is 2. The number of hydrogen-bond donors (Lipinski definition) is 2. The van der Waals surface area contributed by atoms with Crippen molar-refractivity contribution in [2.75, 3.05) is 44.2 Å². The molecule has 0 aromatic carbocycles. The second-order valence-corrected chi connectivity index (χ2v) is 8.07. The normalized spacial score (nSPS) is 18.7. The van der Waals surface area contributed by atoms with Crippen LogP contribution in [-0.2, 0) is 6.54 Å². The van der Waals surface area contributed by atoms with E-state index in [0.717, 1.165) is 56.8 Å². The van der Waals surface area contributed by atoms with E-state index in [1.165, 1.54) is 31.2 Å². The van der Waals surface area contributed by atoms with Crippen molar-refractivity contribution in [2.24, 2.45) is 4.99 Å². The van der Waals surface area contributed by atoms with Crippen LogP contribution in [0.2, 0.25) is 0 Å². The number of hydrogen-bond acceptors (Lipinski definition) is 5. The van der Waals surface area contributed by atoms with Gasteiger partial charge in [-0.15, -0.1) is 0 Å². The lowest BCUT2D eigenvalue weighted by Gasteiger charge is -2.26. The van der Waals surface area contributed by atoms with E-state index in [1.807, 2.05) is 12.3 Å². The molecule has 0 bridgehead atoms. The van der Waals surface area contributed by atoms with Crippen molar-refractivity contribution in [3.63, 3.8) is 0 Å². The highest BCUT2D eigenvalue weighted by Crippen LogP contribution is 2.25. The molecule has 7 nitrogen and oxygen atoms in total. The number of anilines is 1. The van der Waals surface area contributed by atoms with E-state index in [1.54, 1.807) is 6.26 Å². The lowest BCUT2D eigenvalue weighted by Crippen LogP contribution is -2.42. The van der Waals surface area contributed by atoms with Crippen molar-refractivity contribution in [1.29, 1.82) is 0 Å². The number of furan rings is 1. The molecular formula is C23H34N6O. The second kappa shape index (κ2) is 10.5. The Morgan fingerprint density at radius 3 is 2.67 bits per heavy atom. The van der Waals surface area contributed by atoms with E-state index in [-0.39, 0.29) is 6.04 Å². The molecule has 2 N–H and O–H groups in total. The van der Waals surface area contributed by atoms with Crippen LogP contribution in [0.15, 0.2) is 46.1 Å². The number of guanidine groups is 1. The molecule has 0 radical (unpaired) electrons. The Labute approximate surface area is 179 Å². The van der Waals surface area contributed by atoms with Crippen molar-refractivity contribution >= 4 is 11.8 Å². The molecule has 2 aromatic rings. The van der Waals surface area contributed by atoms with Crippen molar-refractivity contribution < 1.29 is 4.42 Å². The predicted molar refractivity (Wildman–Crippen MR) is 121 cm³/mol. The Hall–Kier alpha value is -2.54. The van der Waals surface area contributed by atoms with Gasteiger partial charge in [-0.1, -0.05) is 0 Å². The minimum Gasteiger partial charge on any atom is -0.468 e. The molecule has 2 aliphatic heterocycles. The van der Waals surface area contributed by atoms with E-state index in [9.17, 15) is 0 Å². The van der Waals surface area contributed by atoms with Gasteiger partial charge in [-0.05, 0) is 75.5 Å². The molecule has 2 fully saturated rings. The van der Waals surface area contributed by atoms with Gasteiger partial charge in [0, 0.05) is 32.4 Å². The van der Waals surface area contributed by atoms with Crippen LogP contribution in [0.4, 0.5) is 5.82 Å². The molecular weight excluding hydrogens is 376 g/mol. The monoisotopic (exact) mass is 410 g/mol. The van der Waals surface area contributed by atoms with E-state index < -0.39 is 0 Å². The quantitative estimate of drug-likeness (QED) is 0.515. The molecule has 1 unspecified atom stereocenters. The van der Waals surface area contributed by atoms with Gasteiger partial charge in [0.2, 0.25) is 0 Å². The standard InChI is InChI=1S/C23H34N6O/c1-2-24-23(26-17-19-9-10-25-22(16-19)29-13-5-6-14-29)27-18-20(21-8-7-15-30-21)28-11-3-4-12-28/h7-10,15-16,20H,2-6,11-14,17-18H2,1H3,(H2,24,26,27). The van der Waals surface area contributed by atoms with Gasteiger partial charge >= 0.3 is 0 Å². The molecule has 0 amide bonds.